The predicted octanol–water partition coefficient (Wildman–Crippen LogP) is -4.17. The molecule has 0 aromatic heterocycles. The predicted molar refractivity (Wildman–Crippen MR) is 83.0 cm³/mol. The summed E-state index contributed by atoms with van der Waals surface area (Å²) in [6.07, 6.45) is -14.6. The third-order valence-electron chi connectivity index (χ3n) is 4.46. The maximum absolute atomic E-state index is 11.1. The molecule has 10 atom stereocenters. The monoisotopic (exact) mass is 398 g/mol. The van der Waals surface area contributed by atoms with Crippen molar-refractivity contribution in [3.8, 4) is 0 Å². The lowest BCUT2D eigenvalue weighted by Gasteiger charge is -2.45. The van der Waals surface area contributed by atoms with Gasteiger partial charge in [0.05, 0.1) is 6.61 Å². The number of aliphatic hydroxyl groups excluding tert-OH is 6. The normalized spacial score (nSPS) is 45.5. The van der Waals surface area contributed by atoms with E-state index in [0.29, 0.717) is 0 Å². The number of rotatable bonds is 6. The zero-order valence-corrected chi connectivity index (χ0v) is 14.8. The highest BCUT2D eigenvalue weighted by atomic mass is 16.7. The molecule has 0 amide bonds. The fourth-order valence-corrected chi connectivity index (χ4v) is 2.94. The number of aliphatic hydroxyl groups is 6. The van der Waals surface area contributed by atoms with E-state index in [1.165, 1.54) is 7.11 Å². The number of hydrogen-bond donors (Lipinski definition) is 6. The van der Waals surface area contributed by atoms with Crippen molar-refractivity contribution in [2.24, 2.45) is 0 Å². The summed E-state index contributed by atoms with van der Waals surface area (Å²) in [6.45, 7) is 0.135. The van der Waals surface area contributed by atoms with Crippen LogP contribution < -0.4 is 0 Å². The summed E-state index contributed by atoms with van der Waals surface area (Å²) in [6, 6.07) is 0. The SMILES string of the molecule is CO[C@H]1O[C@H](COC(C)=O)[C@H](O[C@@H]2O[C@H](CO)[C@H](O)[C@H](O)[C@H]2O)[C@H](O)[C@H]1O. The molecule has 27 heavy (non-hydrogen) atoms. The van der Waals surface area contributed by atoms with Crippen LogP contribution in [0.15, 0.2) is 0 Å². The average molecular weight is 398 g/mol. The van der Waals surface area contributed by atoms with Gasteiger partial charge in [0.15, 0.2) is 12.6 Å². The molecule has 2 aliphatic rings. The largest absolute Gasteiger partial charge is 0.463 e. The van der Waals surface area contributed by atoms with Gasteiger partial charge in [-0.05, 0) is 0 Å². The lowest BCUT2D eigenvalue weighted by molar-refractivity contribution is -0.357. The van der Waals surface area contributed by atoms with Crippen LogP contribution in [0.2, 0.25) is 0 Å². The number of methoxy groups -OCH3 is 1. The fourth-order valence-electron chi connectivity index (χ4n) is 2.94. The van der Waals surface area contributed by atoms with Crippen molar-refractivity contribution in [3.63, 3.8) is 0 Å². The molecule has 6 N–H and O–H groups in total. The van der Waals surface area contributed by atoms with Crippen molar-refractivity contribution >= 4 is 5.97 Å². The van der Waals surface area contributed by atoms with Crippen LogP contribution in [0.4, 0.5) is 0 Å². The van der Waals surface area contributed by atoms with Gasteiger partial charge in [0.1, 0.15) is 55.4 Å². The molecule has 2 saturated heterocycles. The van der Waals surface area contributed by atoms with Crippen molar-refractivity contribution in [1.82, 2.24) is 0 Å². The fraction of sp³-hybridized carbons (Fsp3) is 0.933. The second kappa shape index (κ2) is 9.52. The van der Waals surface area contributed by atoms with E-state index in [0.717, 1.165) is 6.92 Å². The summed E-state index contributed by atoms with van der Waals surface area (Å²) in [5, 5.41) is 59.4. The quantitative estimate of drug-likeness (QED) is 0.238. The Morgan fingerprint density at radius 2 is 1.48 bits per heavy atom. The highest BCUT2D eigenvalue weighted by Gasteiger charge is 2.50. The lowest BCUT2D eigenvalue weighted by Crippen LogP contribution is -2.64. The van der Waals surface area contributed by atoms with Crippen LogP contribution in [-0.2, 0) is 28.5 Å². The molecule has 0 unspecified atom stereocenters. The van der Waals surface area contributed by atoms with Crippen molar-refractivity contribution in [2.45, 2.75) is 68.3 Å². The Morgan fingerprint density at radius 3 is 2.04 bits per heavy atom. The van der Waals surface area contributed by atoms with E-state index in [9.17, 15) is 35.4 Å². The summed E-state index contributed by atoms with van der Waals surface area (Å²) >= 11 is 0. The van der Waals surface area contributed by atoms with Gasteiger partial charge in [-0.3, -0.25) is 4.79 Å². The molecular formula is C15H26O12. The summed E-state index contributed by atoms with van der Waals surface area (Å²) in [5.41, 5.74) is 0. The van der Waals surface area contributed by atoms with Gasteiger partial charge in [-0.1, -0.05) is 0 Å². The van der Waals surface area contributed by atoms with E-state index >= 15 is 0 Å². The molecule has 0 aromatic rings. The number of hydrogen-bond acceptors (Lipinski definition) is 12. The van der Waals surface area contributed by atoms with Crippen LogP contribution in [-0.4, -0.2) is 118 Å². The average Bonchev–Trinajstić information content (AvgIpc) is 2.64. The molecule has 158 valence electrons. The van der Waals surface area contributed by atoms with Crippen LogP contribution >= 0.6 is 0 Å². The minimum atomic E-state index is -1.72. The first-order valence-corrected chi connectivity index (χ1v) is 8.35. The zero-order valence-electron chi connectivity index (χ0n) is 14.8. The van der Waals surface area contributed by atoms with E-state index in [4.69, 9.17) is 23.7 Å². The Morgan fingerprint density at radius 1 is 0.889 bits per heavy atom. The minimum Gasteiger partial charge on any atom is -0.463 e. The van der Waals surface area contributed by atoms with Gasteiger partial charge >= 0.3 is 5.97 Å². The van der Waals surface area contributed by atoms with Crippen LogP contribution in [0.1, 0.15) is 6.92 Å². The maximum Gasteiger partial charge on any atom is 0.302 e. The van der Waals surface area contributed by atoms with Gasteiger partial charge in [0, 0.05) is 14.0 Å². The van der Waals surface area contributed by atoms with Crippen LogP contribution in [0.5, 0.6) is 0 Å². The van der Waals surface area contributed by atoms with Gasteiger partial charge in [0.2, 0.25) is 0 Å². The number of carbonyl (C=O) groups excluding carboxylic acids is 1. The van der Waals surface area contributed by atoms with E-state index in [1.807, 2.05) is 0 Å². The zero-order chi connectivity index (χ0) is 20.3. The van der Waals surface area contributed by atoms with Crippen LogP contribution in [0.25, 0.3) is 0 Å². The van der Waals surface area contributed by atoms with E-state index < -0.39 is 74.0 Å². The number of carbonyl (C=O) groups is 1. The van der Waals surface area contributed by atoms with Crippen molar-refractivity contribution in [2.75, 3.05) is 20.3 Å². The molecule has 0 spiro atoms. The van der Waals surface area contributed by atoms with Gasteiger partial charge in [-0.2, -0.15) is 0 Å². The van der Waals surface area contributed by atoms with Crippen molar-refractivity contribution in [3.05, 3.63) is 0 Å². The van der Waals surface area contributed by atoms with Crippen LogP contribution in [0.3, 0.4) is 0 Å². The molecule has 2 fully saturated rings. The summed E-state index contributed by atoms with van der Waals surface area (Å²) in [5.74, 6) is -0.625. The second-order valence-electron chi connectivity index (χ2n) is 6.36. The molecule has 2 aliphatic heterocycles. The molecule has 0 saturated carbocycles. The van der Waals surface area contributed by atoms with Crippen molar-refractivity contribution in [1.29, 1.82) is 0 Å². The molecule has 2 heterocycles. The standard InChI is InChI=1S/C15H26O12/c1-5(17)24-4-7-13(10(20)12(22)14(23-2)26-7)27-15-11(21)9(19)8(18)6(3-16)25-15/h6-16,18-22H,3-4H2,1-2H3/t6-,7-,8+,9+,10-,11-,12-,13+,14+,15+/m1/s1. The maximum atomic E-state index is 11.1. The minimum absolute atomic E-state index is 0.360. The molecule has 2 rings (SSSR count). The number of ether oxygens (including phenoxy) is 5. The second-order valence-corrected chi connectivity index (χ2v) is 6.36. The Labute approximate surface area is 154 Å². The highest BCUT2D eigenvalue weighted by molar-refractivity contribution is 5.65. The smallest absolute Gasteiger partial charge is 0.302 e. The first-order chi connectivity index (χ1) is 12.7. The molecular weight excluding hydrogens is 372 g/mol. The first-order valence-electron chi connectivity index (χ1n) is 8.35. The van der Waals surface area contributed by atoms with Crippen LogP contribution in [0, 0.1) is 0 Å². The van der Waals surface area contributed by atoms with E-state index in [1.54, 1.807) is 0 Å². The first kappa shape index (κ1) is 22.4. The molecule has 0 aromatic carbocycles. The van der Waals surface area contributed by atoms with Gasteiger partial charge < -0.3 is 54.3 Å². The molecule has 12 heteroatoms. The molecule has 12 nitrogen and oxygen atoms in total. The summed E-state index contributed by atoms with van der Waals surface area (Å²) in [4.78, 5) is 11.1. The molecule has 0 aliphatic carbocycles. The molecule has 0 radical (unpaired) electrons. The summed E-state index contributed by atoms with van der Waals surface area (Å²) < 4.78 is 25.9. The Hall–Kier alpha value is -0.930. The number of esters is 1. The Balaban J connectivity index is 2.16. The third kappa shape index (κ3) is 4.92. The molecule has 0 bridgehead atoms. The topological polar surface area (TPSA) is 185 Å². The third-order valence-corrected chi connectivity index (χ3v) is 4.46. The van der Waals surface area contributed by atoms with Gasteiger partial charge in [0.25, 0.3) is 0 Å². The highest BCUT2D eigenvalue weighted by Crippen LogP contribution is 2.29. The Kier molecular flexibility index (Phi) is 7.88. The summed E-state index contributed by atoms with van der Waals surface area (Å²) in [7, 11) is 1.24. The van der Waals surface area contributed by atoms with Gasteiger partial charge in [-0.25, -0.2) is 0 Å². The Bertz CT molecular complexity index is 487. The lowest BCUT2D eigenvalue weighted by atomic mass is 9.97. The van der Waals surface area contributed by atoms with E-state index in [2.05, 4.69) is 0 Å². The van der Waals surface area contributed by atoms with Gasteiger partial charge in [-0.15, -0.1) is 0 Å². The van der Waals surface area contributed by atoms with Crippen molar-refractivity contribution < 1.29 is 59.1 Å². The van der Waals surface area contributed by atoms with E-state index in [-0.39, 0.29) is 6.61 Å².